The minimum atomic E-state index is 0.0694. The number of aromatic nitrogens is 1. The van der Waals surface area contributed by atoms with Crippen molar-refractivity contribution in [1.82, 2.24) is 9.88 Å². The van der Waals surface area contributed by atoms with Crippen LogP contribution in [0, 0.1) is 20.8 Å². The van der Waals surface area contributed by atoms with Gasteiger partial charge in [-0.25, -0.2) is 4.98 Å². The molecule has 1 amide bonds. The van der Waals surface area contributed by atoms with E-state index in [4.69, 9.17) is 5.73 Å². The van der Waals surface area contributed by atoms with Crippen LogP contribution in [0.5, 0.6) is 0 Å². The van der Waals surface area contributed by atoms with Crippen molar-refractivity contribution < 1.29 is 4.79 Å². The van der Waals surface area contributed by atoms with Gasteiger partial charge in [0.1, 0.15) is 9.71 Å². The van der Waals surface area contributed by atoms with Gasteiger partial charge < -0.3 is 10.6 Å². The van der Waals surface area contributed by atoms with E-state index in [9.17, 15) is 4.79 Å². The summed E-state index contributed by atoms with van der Waals surface area (Å²) < 4.78 is 0. The summed E-state index contributed by atoms with van der Waals surface area (Å²) in [7, 11) is 0. The Kier molecular flexibility index (Phi) is 4.08. The molecule has 3 heterocycles. The Balaban J connectivity index is 2.11. The molecule has 0 spiro atoms. The van der Waals surface area contributed by atoms with Crippen LogP contribution in [0.2, 0.25) is 0 Å². The van der Waals surface area contributed by atoms with E-state index in [1.807, 2.05) is 11.8 Å². The lowest BCUT2D eigenvalue weighted by molar-refractivity contribution is 0.0517. The smallest absolute Gasteiger partial charge is 0.266 e. The van der Waals surface area contributed by atoms with Gasteiger partial charge in [-0.2, -0.15) is 0 Å². The highest BCUT2D eigenvalue weighted by molar-refractivity contribution is 7.21. The average Bonchev–Trinajstić information content (AvgIpc) is 2.81. The van der Waals surface area contributed by atoms with Crippen molar-refractivity contribution in [3.8, 4) is 0 Å². The molecule has 23 heavy (non-hydrogen) atoms. The van der Waals surface area contributed by atoms with Gasteiger partial charge in [-0.15, -0.1) is 11.3 Å². The molecular weight excluding hydrogens is 306 g/mol. The van der Waals surface area contributed by atoms with Gasteiger partial charge in [0.25, 0.3) is 5.91 Å². The van der Waals surface area contributed by atoms with E-state index >= 15 is 0 Å². The number of pyridine rings is 1. The highest BCUT2D eigenvalue weighted by atomic mass is 32.1. The molecule has 0 bridgehead atoms. The SMILES string of the molecule is Cc1nc2sc(C(=O)N3[C@H](C)CCC[C@H]3C)c(N)c2c(C)c1C. The first-order valence-electron chi connectivity index (χ1n) is 8.31. The van der Waals surface area contributed by atoms with Crippen molar-refractivity contribution in [2.24, 2.45) is 0 Å². The van der Waals surface area contributed by atoms with Crippen molar-refractivity contribution in [1.29, 1.82) is 0 Å². The van der Waals surface area contributed by atoms with Crippen LogP contribution in [-0.4, -0.2) is 27.9 Å². The fourth-order valence-electron chi connectivity index (χ4n) is 3.67. The van der Waals surface area contributed by atoms with Crippen molar-refractivity contribution in [3.05, 3.63) is 21.7 Å². The molecule has 1 fully saturated rings. The van der Waals surface area contributed by atoms with Crippen LogP contribution >= 0.6 is 11.3 Å². The van der Waals surface area contributed by atoms with Crippen LogP contribution in [-0.2, 0) is 0 Å². The third kappa shape index (κ3) is 2.51. The van der Waals surface area contributed by atoms with E-state index in [0.29, 0.717) is 10.6 Å². The van der Waals surface area contributed by atoms with E-state index in [-0.39, 0.29) is 18.0 Å². The molecule has 1 saturated heterocycles. The molecule has 0 unspecified atom stereocenters. The number of carbonyl (C=O) groups excluding carboxylic acids is 1. The number of carbonyl (C=O) groups is 1. The fourth-order valence-corrected chi connectivity index (χ4v) is 4.81. The molecule has 3 rings (SSSR count). The summed E-state index contributed by atoms with van der Waals surface area (Å²) in [4.78, 5) is 21.3. The number of likely N-dealkylation sites (tertiary alicyclic amines) is 1. The second-order valence-corrected chi connectivity index (χ2v) is 7.81. The number of thiophene rings is 1. The fraction of sp³-hybridized carbons (Fsp3) is 0.556. The Morgan fingerprint density at radius 3 is 2.39 bits per heavy atom. The first-order chi connectivity index (χ1) is 10.8. The van der Waals surface area contributed by atoms with Gasteiger partial charge in [-0.1, -0.05) is 0 Å². The van der Waals surface area contributed by atoms with Gasteiger partial charge in [0, 0.05) is 23.2 Å². The van der Waals surface area contributed by atoms with Crippen LogP contribution in [0.1, 0.15) is 59.6 Å². The third-order valence-electron chi connectivity index (χ3n) is 5.30. The standard InChI is InChI=1S/C18H25N3OS/c1-9-7-6-8-10(2)21(9)18(22)16-15(19)14-12(4)11(3)13(5)20-17(14)23-16/h9-10H,6-8,19H2,1-5H3/t9-,10-/m1/s1. The summed E-state index contributed by atoms with van der Waals surface area (Å²) >= 11 is 1.44. The minimum Gasteiger partial charge on any atom is -0.397 e. The number of piperidine rings is 1. The van der Waals surface area contributed by atoms with Gasteiger partial charge in [0.05, 0.1) is 5.69 Å². The lowest BCUT2D eigenvalue weighted by atomic mass is 9.97. The zero-order valence-electron chi connectivity index (χ0n) is 14.6. The lowest BCUT2D eigenvalue weighted by Crippen LogP contribution is -2.47. The maximum atomic E-state index is 13.1. The zero-order chi connectivity index (χ0) is 16.9. The Morgan fingerprint density at radius 1 is 1.17 bits per heavy atom. The molecule has 2 aromatic rings. The number of amides is 1. The topological polar surface area (TPSA) is 59.2 Å². The average molecular weight is 331 g/mol. The van der Waals surface area contributed by atoms with Crippen LogP contribution < -0.4 is 5.73 Å². The quantitative estimate of drug-likeness (QED) is 0.851. The molecule has 5 heteroatoms. The molecule has 2 aromatic heterocycles. The molecule has 0 aromatic carbocycles. The Hall–Kier alpha value is -1.62. The van der Waals surface area contributed by atoms with Gasteiger partial charge in [-0.3, -0.25) is 4.79 Å². The summed E-state index contributed by atoms with van der Waals surface area (Å²) in [5.74, 6) is 0.0694. The van der Waals surface area contributed by atoms with E-state index in [0.717, 1.165) is 39.9 Å². The minimum absolute atomic E-state index is 0.0694. The molecule has 0 saturated carbocycles. The number of rotatable bonds is 1. The second kappa shape index (κ2) is 5.78. The third-order valence-corrected chi connectivity index (χ3v) is 6.39. The molecule has 1 aliphatic rings. The first-order valence-corrected chi connectivity index (χ1v) is 9.13. The monoisotopic (exact) mass is 331 g/mol. The molecule has 4 nitrogen and oxygen atoms in total. The molecule has 2 atom stereocenters. The van der Waals surface area contributed by atoms with Crippen LogP contribution in [0.3, 0.4) is 0 Å². The van der Waals surface area contributed by atoms with Crippen molar-refractivity contribution in [2.75, 3.05) is 5.73 Å². The Bertz CT molecular complexity index is 770. The van der Waals surface area contributed by atoms with Gasteiger partial charge in [-0.05, 0) is 65.0 Å². The number of nitrogens with zero attached hydrogens (tertiary/aromatic N) is 2. The van der Waals surface area contributed by atoms with Crippen LogP contribution in [0.25, 0.3) is 10.2 Å². The summed E-state index contributed by atoms with van der Waals surface area (Å²) in [5, 5.41) is 0.957. The number of anilines is 1. The summed E-state index contributed by atoms with van der Waals surface area (Å²) in [6.07, 6.45) is 3.32. The molecule has 2 N–H and O–H groups in total. The predicted molar refractivity (Wildman–Crippen MR) is 97.2 cm³/mol. The summed E-state index contributed by atoms with van der Waals surface area (Å²) in [6, 6.07) is 0.543. The predicted octanol–water partition coefficient (Wildman–Crippen LogP) is 4.21. The number of aryl methyl sites for hydroxylation is 2. The summed E-state index contributed by atoms with van der Waals surface area (Å²) in [6.45, 7) is 10.4. The highest BCUT2D eigenvalue weighted by Crippen LogP contribution is 2.38. The number of hydrogen-bond acceptors (Lipinski definition) is 4. The van der Waals surface area contributed by atoms with E-state index < -0.39 is 0 Å². The van der Waals surface area contributed by atoms with Crippen molar-refractivity contribution in [2.45, 2.75) is 66.0 Å². The normalized spacial score (nSPS) is 21.9. The second-order valence-electron chi connectivity index (χ2n) is 6.81. The van der Waals surface area contributed by atoms with Crippen LogP contribution in [0.15, 0.2) is 0 Å². The zero-order valence-corrected chi connectivity index (χ0v) is 15.4. The Labute approximate surface area is 141 Å². The number of nitrogens with two attached hydrogens (primary N) is 1. The van der Waals surface area contributed by atoms with Crippen LogP contribution in [0.4, 0.5) is 5.69 Å². The van der Waals surface area contributed by atoms with Gasteiger partial charge in [0.2, 0.25) is 0 Å². The number of fused-ring (bicyclic) bond motifs is 1. The van der Waals surface area contributed by atoms with E-state index in [1.54, 1.807) is 0 Å². The molecule has 0 radical (unpaired) electrons. The molecule has 1 aliphatic heterocycles. The highest BCUT2D eigenvalue weighted by Gasteiger charge is 2.32. The maximum absolute atomic E-state index is 13.1. The van der Waals surface area contributed by atoms with Crippen molar-refractivity contribution in [3.63, 3.8) is 0 Å². The van der Waals surface area contributed by atoms with Crippen molar-refractivity contribution >= 4 is 33.1 Å². The number of hydrogen-bond donors (Lipinski definition) is 1. The molecule has 124 valence electrons. The number of nitrogen functional groups attached to an aromatic ring is 1. The molecular formula is C18H25N3OS. The van der Waals surface area contributed by atoms with E-state index in [1.165, 1.54) is 17.8 Å². The summed E-state index contributed by atoms with van der Waals surface area (Å²) in [5.41, 5.74) is 10.3. The first kappa shape index (κ1) is 16.2. The molecule has 0 aliphatic carbocycles. The van der Waals surface area contributed by atoms with E-state index in [2.05, 4.69) is 32.7 Å². The van der Waals surface area contributed by atoms with Gasteiger partial charge >= 0.3 is 0 Å². The lowest BCUT2D eigenvalue weighted by Gasteiger charge is -2.38. The Morgan fingerprint density at radius 2 is 1.78 bits per heavy atom. The maximum Gasteiger partial charge on any atom is 0.266 e. The largest absolute Gasteiger partial charge is 0.397 e. The van der Waals surface area contributed by atoms with Gasteiger partial charge in [0.15, 0.2) is 0 Å².